The fourth-order valence-corrected chi connectivity index (χ4v) is 7.28. The van der Waals surface area contributed by atoms with Crippen LogP contribution in [-0.2, 0) is 13.9 Å². The number of ether oxygens (including phenoxy) is 2. The minimum Gasteiger partial charge on any atom is -0.417 e. The van der Waals surface area contributed by atoms with E-state index < -0.39 is 8.32 Å². The summed E-state index contributed by atoms with van der Waals surface area (Å²) < 4.78 is 17.0. The van der Waals surface area contributed by atoms with Crippen molar-refractivity contribution in [2.45, 2.75) is 64.3 Å². The Morgan fingerprint density at radius 3 is 2.28 bits per heavy atom. The monoisotopic (exact) mass is 274 g/mol. The molecule has 1 aliphatic rings. The molecular weight excluding hydrogens is 244 g/mol. The molecule has 0 amide bonds. The third kappa shape index (κ3) is 4.65. The van der Waals surface area contributed by atoms with Crippen LogP contribution in [-0.4, -0.2) is 40.8 Å². The fraction of sp³-hybridized carbons (Fsp3) is 1.00. The van der Waals surface area contributed by atoms with Crippen LogP contribution >= 0.6 is 0 Å². The van der Waals surface area contributed by atoms with E-state index in [4.69, 9.17) is 13.9 Å². The molecule has 1 aliphatic heterocycles. The second-order valence-corrected chi connectivity index (χ2v) is 10.8. The van der Waals surface area contributed by atoms with Gasteiger partial charge in [-0.25, -0.2) is 0 Å². The van der Waals surface area contributed by atoms with Gasteiger partial charge >= 0.3 is 0 Å². The van der Waals surface area contributed by atoms with Crippen molar-refractivity contribution in [3.63, 3.8) is 0 Å². The zero-order valence-corrected chi connectivity index (χ0v) is 13.7. The Morgan fingerprint density at radius 2 is 1.83 bits per heavy atom. The van der Waals surface area contributed by atoms with Gasteiger partial charge in [0.15, 0.2) is 8.32 Å². The first-order valence-electron chi connectivity index (χ1n) is 7.36. The van der Waals surface area contributed by atoms with Crippen LogP contribution in [0.1, 0.15) is 41.0 Å². The molecule has 4 heteroatoms. The summed E-state index contributed by atoms with van der Waals surface area (Å²) in [5.41, 5.74) is 1.34. The highest BCUT2D eigenvalue weighted by Crippen LogP contribution is 2.37. The van der Waals surface area contributed by atoms with Gasteiger partial charge in [0.25, 0.3) is 0 Å². The number of rotatable bonds is 10. The highest BCUT2D eigenvalue weighted by molar-refractivity contribution is 6.76. The fourth-order valence-electron chi connectivity index (χ4n) is 2.75. The molecule has 0 N–H and O–H groups in total. The van der Waals surface area contributed by atoms with Gasteiger partial charge in [-0.15, -0.1) is 0 Å². The van der Waals surface area contributed by atoms with Gasteiger partial charge in [-0.2, -0.15) is 0 Å². The summed E-state index contributed by atoms with van der Waals surface area (Å²) in [5.74, 6) is 0. The Hall–Kier alpha value is 0.0969. The van der Waals surface area contributed by atoms with Crippen molar-refractivity contribution in [2.24, 2.45) is 0 Å². The van der Waals surface area contributed by atoms with E-state index in [-0.39, 0.29) is 0 Å². The molecule has 0 aromatic heterocycles. The number of hydrogen-bond donors (Lipinski definition) is 0. The summed E-state index contributed by atoms with van der Waals surface area (Å²) in [6.07, 6.45) is 1.50. The lowest BCUT2D eigenvalue weighted by Crippen LogP contribution is -2.44. The molecular formula is C14H30O3Si. The van der Waals surface area contributed by atoms with Crippen molar-refractivity contribution in [1.82, 2.24) is 0 Å². The first-order valence-corrected chi connectivity index (χ1v) is 9.63. The topological polar surface area (TPSA) is 31.0 Å². The lowest BCUT2D eigenvalue weighted by Gasteiger charge is -2.38. The molecule has 0 saturated carbocycles. The molecule has 0 spiro atoms. The zero-order valence-electron chi connectivity index (χ0n) is 12.7. The normalized spacial score (nSPS) is 19.8. The average molecular weight is 274 g/mol. The van der Waals surface area contributed by atoms with Crippen molar-refractivity contribution >= 4 is 8.32 Å². The van der Waals surface area contributed by atoms with Gasteiger partial charge in [-0.1, -0.05) is 27.7 Å². The van der Waals surface area contributed by atoms with Gasteiger partial charge in [-0.05, 0) is 30.5 Å². The molecule has 0 aromatic rings. The van der Waals surface area contributed by atoms with Gasteiger partial charge in [0.1, 0.15) is 6.10 Å². The largest absolute Gasteiger partial charge is 0.417 e. The van der Waals surface area contributed by atoms with Gasteiger partial charge in [0.2, 0.25) is 0 Å². The van der Waals surface area contributed by atoms with Crippen LogP contribution in [0.25, 0.3) is 0 Å². The SMILES string of the molecule is CCO[Si](CCCOCC1CO1)(C(C)C)C(C)C. The first kappa shape index (κ1) is 16.2. The summed E-state index contributed by atoms with van der Waals surface area (Å²) in [5, 5.41) is 0. The van der Waals surface area contributed by atoms with E-state index >= 15 is 0 Å². The summed E-state index contributed by atoms with van der Waals surface area (Å²) in [6.45, 7) is 14.7. The van der Waals surface area contributed by atoms with Crippen molar-refractivity contribution in [2.75, 3.05) is 26.4 Å². The van der Waals surface area contributed by atoms with E-state index in [1.54, 1.807) is 0 Å². The molecule has 1 fully saturated rings. The summed E-state index contributed by atoms with van der Waals surface area (Å²) >= 11 is 0. The van der Waals surface area contributed by atoms with Gasteiger partial charge in [0.05, 0.1) is 13.2 Å². The van der Waals surface area contributed by atoms with Crippen molar-refractivity contribution in [1.29, 1.82) is 0 Å². The first-order chi connectivity index (χ1) is 8.53. The molecule has 0 aromatic carbocycles. The van der Waals surface area contributed by atoms with Gasteiger partial charge in [-0.3, -0.25) is 0 Å². The molecule has 0 radical (unpaired) electrons. The molecule has 1 heterocycles. The molecule has 0 bridgehead atoms. The van der Waals surface area contributed by atoms with Crippen LogP contribution in [0.15, 0.2) is 0 Å². The average Bonchev–Trinajstić information content (AvgIpc) is 3.10. The highest BCUT2D eigenvalue weighted by Gasteiger charge is 2.41. The number of hydrogen-bond acceptors (Lipinski definition) is 3. The van der Waals surface area contributed by atoms with Crippen LogP contribution in [0, 0.1) is 0 Å². The lowest BCUT2D eigenvalue weighted by atomic mass is 10.5. The Balaban J connectivity index is 2.33. The van der Waals surface area contributed by atoms with Gasteiger partial charge in [0, 0.05) is 13.2 Å². The maximum Gasteiger partial charge on any atom is 0.197 e. The van der Waals surface area contributed by atoms with Crippen LogP contribution in [0.2, 0.25) is 17.1 Å². The van der Waals surface area contributed by atoms with Crippen molar-refractivity contribution in [3.8, 4) is 0 Å². The lowest BCUT2D eigenvalue weighted by molar-refractivity contribution is 0.116. The quantitative estimate of drug-likeness (QED) is 0.346. The second-order valence-electron chi connectivity index (χ2n) is 5.83. The van der Waals surface area contributed by atoms with E-state index in [0.717, 1.165) is 32.8 Å². The molecule has 0 aliphatic carbocycles. The summed E-state index contributed by atoms with van der Waals surface area (Å²) in [6, 6.07) is 1.21. The third-order valence-corrected chi connectivity index (χ3v) is 9.80. The van der Waals surface area contributed by atoms with E-state index in [1.807, 2.05) is 0 Å². The maximum absolute atomic E-state index is 6.25. The standard InChI is InChI=1S/C14H30O3Si/c1-6-17-18(12(2)3,13(4)5)9-7-8-15-10-14-11-16-14/h12-14H,6-11H2,1-5H3. The summed E-state index contributed by atoms with van der Waals surface area (Å²) in [4.78, 5) is 0. The van der Waals surface area contributed by atoms with E-state index in [2.05, 4.69) is 34.6 Å². The van der Waals surface area contributed by atoms with E-state index in [9.17, 15) is 0 Å². The zero-order chi connectivity index (χ0) is 13.6. The van der Waals surface area contributed by atoms with Crippen LogP contribution in [0.5, 0.6) is 0 Å². The van der Waals surface area contributed by atoms with Crippen molar-refractivity contribution < 1.29 is 13.9 Å². The maximum atomic E-state index is 6.25. The summed E-state index contributed by atoms with van der Waals surface area (Å²) in [7, 11) is -1.62. The Kier molecular flexibility index (Phi) is 6.85. The third-order valence-electron chi connectivity index (χ3n) is 3.93. The molecule has 1 rings (SSSR count). The Morgan fingerprint density at radius 1 is 1.22 bits per heavy atom. The Labute approximate surface area is 113 Å². The molecule has 1 atom stereocenters. The van der Waals surface area contributed by atoms with Gasteiger partial charge < -0.3 is 13.9 Å². The predicted octanol–water partition coefficient (Wildman–Crippen LogP) is 3.59. The molecule has 1 unspecified atom stereocenters. The van der Waals surface area contributed by atoms with E-state index in [1.165, 1.54) is 6.04 Å². The number of epoxide rings is 1. The minimum atomic E-state index is -1.62. The molecule has 18 heavy (non-hydrogen) atoms. The van der Waals surface area contributed by atoms with Crippen molar-refractivity contribution in [3.05, 3.63) is 0 Å². The smallest absolute Gasteiger partial charge is 0.197 e. The van der Waals surface area contributed by atoms with E-state index in [0.29, 0.717) is 17.2 Å². The molecule has 3 nitrogen and oxygen atoms in total. The predicted molar refractivity (Wildman–Crippen MR) is 77.6 cm³/mol. The second kappa shape index (κ2) is 7.63. The molecule has 108 valence electrons. The Bertz CT molecular complexity index is 219. The van der Waals surface area contributed by atoms with Crippen LogP contribution in [0.3, 0.4) is 0 Å². The molecule has 1 saturated heterocycles. The highest BCUT2D eigenvalue weighted by atomic mass is 28.4. The van der Waals surface area contributed by atoms with Crippen LogP contribution < -0.4 is 0 Å². The van der Waals surface area contributed by atoms with Crippen LogP contribution in [0.4, 0.5) is 0 Å². The minimum absolute atomic E-state index is 0.383.